The van der Waals surface area contributed by atoms with E-state index in [4.69, 9.17) is 11.6 Å². The lowest BCUT2D eigenvalue weighted by atomic mass is 9.89. The first-order chi connectivity index (χ1) is 13.9. The molecule has 1 aliphatic rings. The van der Waals surface area contributed by atoms with Gasteiger partial charge in [-0.25, -0.2) is 8.42 Å². The molecule has 3 N–H and O–H groups in total. The monoisotopic (exact) mass is 435 g/mol. The van der Waals surface area contributed by atoms with Crippen LogP contribution in [0.4, 0.5) is 5.69 Å². The van der Waals surface area contributed by atoms with Crippen molar-refractivity contribution in [2.24, 2.45) is 5.92 Å². The number of hydrogen-bond acceptors (Lipinski definition) is 4. The molecular formula is C20H22ClN3O4S. The minimum Gasteiger partial charge on any atom is -0.278 e. The van der Waals surface area contributed by atoms with Crippen molar-refractivity contribution in [1.82, 2.24) is 10.9 Å². The topological polar surface area (TPSA) is 104 Å². The number of amides is 2. The fourth-order valence-corrected chi connectivity index (χ4v) is 4.57. The van der Waals surface area contributed by atoms with Crippen molar-refractivity contribution in [3.05, 3.63) is 59.1 Å². The highest BCUT2D eigenvalue weighted by molar-refractivity contribution is 7.92. The Morgan fingerprint density at radius 3 is 2.38 bits per heavy atom. The number of carbonyl (C=O) groups excluding carboxylic acids is 2. The molecule has 0 spiro atoms. The molecule has 0 atom stereocenters. The maximum absolute atomic E-state index is 12.6. The Bertz CT molecular complexity index is 1000. The molecule has 1 fully saturated rings. The van der Waals surface area contributed by atoms with E-state index in [0.717, 1.165) is 32.1 Å². The van der Waals surface area contributed by atoms with Crippen molar-refractivity contribution in [3.8, 4) is 0 Å². The van der Waals surface area contributed by atoms with Gasteiger partial charge in [-0.3, -0.25) is 25.2 Å². The molecule has 2 aromatic rings. The molecule has 7 nitrogen and oxygen atoms in total. The van der Waals surface area contributed by atoms with E-state index in [-0.39, 0.29) is 33.0 Å². The van der Waals surface area contributed by atoms with Crippen LogP contribution in [0.2, 0.25) is 5.02 Å². The Morgan fingerprint density at radius 1 is 0.931 bits per heavy atom. The Balaban J connectivity index is 1.67. The van der Waals surface area contributed by atoms with Gasteiger partial charge in [0.25, 0.3) is 15.9 Å². The second kappa shape index (κ2) is 9.28. The molecule has 9 heteroatoms. The molecule has 2 amide bonds. The number of sulfonamides is 1. The number of rotatable bonds is 5. The van der Waals surface area contributed by atoms with Crippen LogP contribution in [-0.4, -0.2) is 20.2 Å². The molecule has 0 bridgehead atoms. The number of hydrogen-bond donors (Lipinski definition) is 3. The maximum Gasteiger partial charge on any atom is 0.269 e. The molecule has 0 unspecified atom stereocenters. The summed E-state index contributed by atoms with van der Waals surface area (Å²) in [6, 6.07) is 12.0. The van der Waals surface area contributed by atoms with Gasteiger partial charge in [-0.15, -0.1) is 0 Å². The summed E-state index contributed by atoms with van der Waals surface area (Å²) in [6.45, 7) is 0. The molecule has 0 aliphatic heterocycles. The summed E-state index contributed by atoms with van der Waals surface area (Å²) in [5, 5.41) is 0.260. The molecule has 0 radical (unpaired) electrons. The highest BCUT2D eigenvalue weighted by Crippen LogP contribution is 2.25. The smallest absolute Gasteiger partial charge is 0.269 e. The number of halogens is 1. The summed E-state index contributed by atoms with van der Waals surface area (Å²) >= 11 is 6.00. The molecular weight excluding hydrogens is 414 g/mol. The van der Waals surface area contributed by atoms with Gasteiger partial charge in [-0.2, -0.15) is 0 Å². The number of para-hydroxylation sites is 1. The van der Waals surface area contributed by atoms with Gasteiger partial charge in [0.05, 0.1) is 15.6 Å². The van der Waals surface area contributed by atoms with Crippen LogP contribution in [0.1, 0.15) is 42.5 Å². The fraction of sp³-hybridized carbons (Fsp3) is 0.300. The van der Waals surface area contributed by atoms with Gasteiger partial charge in [0, 0.05) is 11.5 Å². The number of anilines is 1. The standard InChI is InChI=1S/C20H22ClN3O4S/c21-17-11-4-5-12-18(17)24-29(27,28)16-10-6-9-15(13-16)20(26)23-22-19(25)14-7-2-1-3-8-14/h4-6,9-14,24H,1-3,7-8H2,(H,22,25)(H,23,26). The lowest BCUT2D eigenvalue weighted by Gasteiger charge is -2.20. The average Bonchev–Trinajstić information content (AvgIpc) is 2.74. The second-order valence-electron chi connectivity index (χ2n) is 6.89. The van der Waals surface area contributed by atoms with E-state index in [0.29, 0.717) is 0 Å². The Kier molecular flexibility index (Phi) is 6.76. The third kappa shape index (κ3) is 5.48. The molecule has 0 saturated heterocycles. The fourth-order valence-electron chi connectivity index (χ4n) is 3.21. The van der Waals surface area contributed by atoms with Crippen LogP contribution < -0.4 is 15.6 Å². The number of nitrogens with one attached hydrogen (secondary N) is 3. The maximum atomic E-state index is 12.6. The van der Waals surface area contributed by atoms with E-state index in [2.05, 4.69) is 15.6 Å². The van der Waals surface area contributed by atoms with Crippen molar-refractivity contribution in [2.75, 3.05) is 4.72 Å². The van der Waals surface area contributed by atoms with Gasteiger partial charge >= 0.3 is 0 Å². The molecule has 2 aromatic carbocycles. The molecule has 0 aromatic heterocycles. The van der Waals surface area contributed by atoms with E-state index < -0.39 is 15.9 Å². The van der Waals surface area contributed by atoms with Crippen LogP contribution in [-0.2, 0) is 14.8 Å². The number of carbonyl (C=O) groups is 2. The first-order valence-electron chi connectivity index (χ1n) is 9.34. The Morgan fingerprint density at radius 2 is 1.66 bits per heavy atom. The summed E-state index contributed by atoms with van der Waals surface area (Å²) in [4.78, 5) is 24.4. The Labute approximate surface area is 174 Å². The summed E-state index contributed by atoms with van der Waals surface area (Å²) in [5.74, 6) is -0.915. The normalized spacial score (nSPS) is 14.8. The van der Waals surface area contributed by atoms with E-state index in [1.165, 1.54) is 30.3 Å². The van der Waals surface area contributed by atoms with Gasteiger partial charge < -0.3 is 0 Å². The van der Waals surface area contributed by atoms with E-state index in [1.54, 1.807) is 18.2 Å². The Hall–Kier alpha value is -2.58. The predicted molar refractivity (Wildman–Crippen MR) is 111 cm³/mol. The van der Waals surface area contributed by atoms with Crippen molar-refractivity contribution in [1.29, 1.82) is 0 Å². The highest BCUT2D eigenvalue weighted by atomic mass is 35.5. The third-order valence-corrected chi connectivity index (χ3v) is 6.49. The zero-order chi connectivity index (χ0) is 20.9. The van der Waals surface area contributed by atoms with Crippen LogP contribution in [0, 0.1) is 5.92 Å². The van der Waals surface area contributed by atoms with Crippen molar-refractivity contribution in [2.45, 2.75) is 37.0 Å². The van der Waals surface area contributed by atoms with Gasteiger partial charge in [0.15, 0.2) is 0 Å². The molecule has 3 rings (SSSR count). The molecule has 1 aliphatic carbocycles. The molecule has 154 valence electrons. The first kappa shape index (κ1) is 21.1. The lowest BCUT2D eigenvalue weighted by molar-refractivity contribution is -0.126. The van der Waals surface area contributed by atoms with E-state index in [9.17, 15) is 18.0 Å². The zero-order valence-electron chi connectivity index (χ0n) is 15.7. The first-order valence-corrected chi connectivity index (χ1v) is 11.2. The van der Waals surface area contributed by atoms with Crippen molar-refractivity contribution in [3.63, 3.8) is 0 Å². The van der Waals surface area contributed by atoms with Gasteiger partial charge in [0.1, 0.15) is 0 Å². The number of benzene rings is 2. The van der Waals surface area contributed by atoms with Gasteiger partial charge in [0.2, 0.25) is 5.91 Å². The molecule has 1 saturated carbocycles. The predicted octanol–water partition coefficient (Wildman–Crippen LogP) is 3.48. The van der Waals surface area contributed by atoms with Crippen molar-refractivity contribution < 1.29 is 18.0 Å². The number of hydrazine groups is 1. The van der Waals surface area contributed by atoms with E-state index in [1.807, 2.05) is 0 Å². The summed E-state index contributed by atoms with van der Waals surface area (Å²) in [7, 11) is -3.94. The zero-order valence-corrected chi connectivity index (χ0v) is 17.2. The van der Waals surface area contributed by atoms with Crippen LogP contribution in [0.3, 0.4) is 0 Å². The summed E-state index contributed by atoms with van der Waals surface area (Å²) in [6.07, 6.45) is 4.75. The molecule has 29 heavy (non-hydrogen) atoms. The van der Waals surface area contributed by atoms with E-state index >= 15 is 0 Å². The van der Waals surface area contributed by atoms with Crippen molar-refractivity contribution >= 4 is 39.1 Å². The van der Waals surface area contributed by atoms with Crippen LogP contribution >= 0.6 is 11.6 Å². The largest absolute Gasteiger partial charge is 0.278 e. The van der Waals surface area contributed by atoms with Gasteiger partial charge in [-0.05, 0) is 43.2 Å². The minimum atomic E-state index is -3.94. The second-order valence-corrected chi connectivity index (χ2v) is 8.98. The SMILES string of the molecule is O=C(NNC(=O)C1CCCCC1)c1cccc(S(=O)(=O)Nc2ccccc2Cl)c1. The van der Waals surface area contributed by atoms with Crippen LogP contribution in [0.5, 0.6) is 0 Å². The molecule has 0 heterocycles. The summed E-state index contributed by atoms with van der Waals surface area (Å²) < 4.78 is 27.7. The van der Waals surface area contributed by atoms with Crippen LogP contribution in [0.25, 0.3) is 0 Å². The van der Waals surface area contributed by atoms with Gasteiger partial charge in [-0.1, -0.05) is 49.1 Å². The highest BCUT2D eigenvalue weighted by Gasteiger charge is 2.22. The minimum absolute atomic E-state index is 0.0938. The van der Waals surface area contributed by atoms with Crippen LogP contribution in [0.15, 0.2) is 53.4 Å². The quantitative estimate of drug-likeness (QED) is 0.625. The summed E-state index contributed by atoms with van der Waals surface area (Å²) in [5.41, 5.74) is 5.14. The lowest BCUT2D eigenvalue weighted by Crippen LogP contribution is -2.45. The average molecular weight is 436 g/mol. The third-order valence-electron chi connectivity index (χ3n) is 4.80.